The summed E-state index contributed by atoms with van der Waals surface area (Å²) in [6.45, 7) is 0.788. The summed E-state index contributed by atoms with van der Waals surface area (Å²) < 4.78 is 0. The van der Waals surface area contributed by atoms with Crippen LogP contribution in [0.15, 0.2) is 0 Å². The van der Waals surface area contributed by atoms with Crippen molar-refractivity contribution in [3.05, 3.63) is 0 Å². The van der Waals surface area contributed by atoms with Gasteiger partial charge in [0.05, 0.1) is 6.42 Å². The van der Waals surface area contributed by atoms with Gasteiger partial charge in [0.1, 0.15) is 0 Å². The molecular formula is C15H26N2O3. The molecule has 0 aromatic rings. The second kappa shape index (κ2) is 6.95. The van der Waals surface area contributed by atoms with E-state index in [4.69, 9.17) is 5.11 Å². The summed E-state index contributed by atoms with van der Waals surface area (Å²) in [6, 6.07) is -0.317. The zero-order valence-electron chi connectivity index (χ0n) is 12.3. The molecule has 5 nitrogen and oxygen atoms in total. The van der Waals surface area contributed by atoms with E-state index in [2.05, 4.69) is 5.32 Å². The lowest BCUT2D eigenvalue weighted by atomic mass is 9.89. The smallest absolute Gasteiger partial charge is 0.317 e. The van der Waals surface area contributed by atoms with Crippen LogP contribution in [0.2, 0.25) is 0 Å². The Morgan fingerprint density at radius 2 is 1.85 bits per heavy atom. The molecule has 0 bridgehead atoms. The molecule has 0 aromatic carbocycles. The highest BCUT2D eigenvalue weighted by Crippen LogP contribution is 2.34. The molecule has 1 atom stereocenters. The Bertz CT molecular complexity index is 349. The lowest BCUT2D eigenvalue weighted by Gasteiger charge is -2.28. The molecule has 0 aliphatic heterocycles. The molecule has 2 saturated carbocycles. The molecule has 114 valence electrons. The minimum Gasteiger partial charge on any atom is -0.481 e. The van der Waals surface area contributed by atoms with Gasteiger partial charge in [0.15, 0.2) is 0 Å². The van der Waals surface area contributed by atoms with Crippen LogP contribution >= 0.6 is 0 Å². The predicted molar refractivity (Wildman–Crippen MR) is 76.5 cm³/mol. The average Bonchev–Trinajstić information content (AvgIpc) is 3.22. The number of carbonyl (C=O) groups excluding carboxylic acids is 1. The van der Waals surface area contributed by atoms with E-state index in [0.29, 0.717) is 11.8 Å². The monoisotopic (exact) mass is 282 g/mol. The van der Waals surface area contributed by atoms with E-state index in [1.54, 1.807) is 4.90 Å². The molecule has 2 aliphatic rings. The van der Waals surface area contributed by atoms with Gasteiger partial charge in [-0.3, -0.25) is 4.79 Å². The van der Waals surface area contributed by atoms with Gasteiger partial charge in [0.2, 0.25) is 0 Å². The molecule has 0 spiro atoms. The molecule has 2 fully saturated rings. The van der Waals surface area contributed by atoms with Crippen LogP contribution in [0.1, 0.15) is 51.4 Å². The number of amides is 2. The van der Waals surface area contributed by atoms with Gasteiger partial charge in [-0.05, 0) is 37.5 Å². The molecule has 5 heteroatoms. The highest BCUT2D eigenvalue weighted by atomic mass is 16.4. The van der Waals surface area contributed by atoms with E-state index < -0.39 is 5.97 Å². The fraction of sp³-hybridized carbons (Fsp3) is 0.867. The SMILES string of the molecule is CN(CC1CCCCC1)C(=O)NC(CC(=O)O)C1CC1. The second-order valence-electron chi connectivity index (χ2n) is 6.38. The van der Waals surface area contributed by atoms with Crippen molar-refractivity contribution >= 4 is 12.0 Å². The van der Waals surface area contributed by atoms with E-state index in [-0.39, 0.29) is 18.5 Å². The molecule has 2 rings (SSSR count). The Hall–Kier alpha value is -1.26. The van der Waals surface area contributed by atoms with Crippen LogP contribution in [-0.2, 0) is 4.79 Å². The van der Waals surface area contributed by atoms with Gasteiger partial charge >= 0.3 is 12.0 Å². The summed E-state index contributed by atoms with van der Waals surface area (Å²) in [5.41, 5.74) is 0. The molecule has 2 N–H and O–H groups in total. The van der Waals surface area contributed by atoms with Gasteiger partial charge in [0, 0.05) is 19.6 Å². The molecule has 0 radical (unpaired) electrons. The summed E-state index contributed by atoms with van der Waals surface area (Å²) in [5.74, 6) is 0.133. The molecule has 0 saturated heterocycles. The van der Waals surface area contributed by atoms with Crippen LogP contribution in [0.4, 0.5) is 4.79 Å². The second-order valence-corrected chi connectivity index (χ2v) is 6.38. The molecule has 0 heterocycles. The lowest BCUT2D eigenvalue weighted by Crippen LogP contribution is -2.46. The number of carboxylic acids is 1. The van der Waals surface area contributed by atoms with Crippen molar-refractivity contribution in [3.8, 4) is 0 Å². The Morgan fingerprint density at radius 1 is 1.20 bits per heavy atom. The first kappa shape index (κ1) is 15.1. The Labute approximate surface area is 120 Å². The van der Waals surface area contributed by atoms with Crippen molar-refractivity contribution in [2.45, 2.75) is 57.4 Å². The fourth-order valence-corrected chi connectivity index (χ4v) is 3.13. The normalized spacial score (nSPS) is 21.2. The third-order valence-corrected chi connectivity index (χ3v) is 4.50. The zero-order valence-corrected chi connectivity index (χ0v) is 12.3. The van der Waals surface area contributed by atoms with Gasteiger partial charge in [-0.25, -0.2) is 4.79 Å². The summed E-state index contributed by atoms with van der Waals surface area (Å²) in [5, 5.41) is 11.8. The number of carbonyl (C=O) groups is 2. The quantitative estimate of drug-likeness (QED) is 0.786. The third-order valence-electron chi connectivity index (χ3n) is 4.50. The molecular weight excluding hydrogens is 256 g/mol. The number of rotatable bonds is 6. The Balaban J connectivity index is 1.77. The van der Waals surface area contributed by atoms with Crippen molar-refractivity contribution in [1.29, 1.82) is 0 Å². The van der Waals surface area contributed by atoms with E-state index in [9.17, 15) is 9.59 Å². The summed E-state index contributed by atoms with van der Waals surface area (Å²) in [7, 11) is 1.81. The highest BCUT2D eigenvalue weighted by Gasteiger charge is 2.34. The third kappa shape index (κ3) is 4.69. The standard InChI is InChI=1S/C15H26N2O3/c1-17(10-11-5-3-2-4-6-11)15(20)16-13(9-14(18)19)12-7-8-12/h11-13H,2-10H2,1H3,(H,16,20)(H,18,19). The summed E-state index contributed by atoms with van der Waals surface area (Å²) in [6.07, 6.45) is 8.36. The van der Waals surface area contributed by atoms with Crippen LogP contribution < -0.4 is 5.32 Å². The lowest BCUT2D eigenvalue weighted by molar-refractivity contribution is -0.137. The van der Waals surface area contributed by atoms with E-state index in [1.165, 1.54) is 32.1 Å². The average molecular weight is 282 g/mol. The number of carboxylic acid groups (broad SMARTS) is 1. The van der Waals surface area contributed by atoms with Crippen LogP contribution in [0.3, 0.4) is 0 Å². The van der Waals surface area contributed by atoms with Gasteiger partial charge in [-0.15, -0.1) is 0 Å². The highest BCUT2D eigenvalue weighted by molar-refractivity contribution is 5.75. The summed E-state index contributed by atoms with van der Waals surface area (Å²) in [4.78, 5) is 24.7. The molecule has 0 aromatic heterocycles. The van der Waals surface area contributed by atoms with Crippen molar-refractivity contribution in [3.63, 3.8) is 0 Å². The largest absolute Gasteiger partial charge is 0.481 e. The number of nitrogens with one attached hydrogen (secondary N) is 1. The number of nitrogens with zero attached hydrogens (tertiary/aromatic N) is 1. The van der Waals surface area contributed by atoms with Crippen LogP contribution in [-0.4, -0.2) is 41.6 Å². The van der Waals surface area contributed by atoms with Crippen molar-refractivity contribution in [1.82, 2.24) is 10.2 Å². The minimum atomic E-state index is -0.836. The van der Waals surface area contributed by atoms with Gasteiger partial charge < -0.3 is 15.3 Å². The Kier molecular flexibility index (Phi) is 5.26. The van der Waals surface area contributed by atoms with Crippen molar-refractivity contribution in [2.24, 2.45) is 11.8 Å². The summed E-state index contributed by atoms with van der Waals surface area (Å²) >= 11 is 0. The van der Waals surface area contributed by atoms with Crippen LogP contribution in [0.5, 0.6) is 0 Å². The maximum atomic E-state index is 12.2. The maximum Gasteiger partial charge on any atom is 0.317 e. The molecule has 2 aliphatic carbocycles. The number of hydrogen-bond donors (Lipinski definition) is 2. The number of hydrogen-bond acceptors (Lipinski definition) is 2. The molecule has 1 unspecified atom stereocenters. The van der Waals surface area contributed by atoms with E-state index in [0.717, 1.165) is 19.4 Å². The van der Waals surface area contributed by atoms with Crippen molar-refractivity contribution < 1.29 is 14.7 Å². The van der Waals surface area contributed by atoms with Crippen LogP contribution in [0, 0.1) is 11.8 Å². The number of urea groups is 1. The van der Waals surface area contributed by atoms with Gasteiger partial charge in [-0.2, -0.15) is 0 Å². The van der Waals surface area contributed by atoms with Gasteiger partial charge in [-0.1, -0.05) is 19.3 Å². The fourth-order valence-electron chi connectivity index (χ4n) is 3.13. The van der Waals surface area contributed by atoms with E-state index >= 15 is 0 Å². The zero-order chi connectivity index (χ0) is 14.5. The Morgan fingerprint density at radius 3 is 2.40 bits per heavy atom. The first-order valence-electron chi connectivity index (χ1n) is 7.79. The van der Waals surface area contributed by atoms with Gasteiger partial charge in [0.25, 0.3) is 0 Å². The molecule has 20 heavy (non-hydrogen) atoms. The minimum absolute atomic E-state index is 0.0354. The predicted octanol–water partition coefficient (Wildman–Crippen LogP) is 2.46. The first-order chi connectivity index (χ1) is 9.56. The van der Waals surface area contributed by atoms with Crippen molar-refractivity contribution in [2.75, 3.05) is 13.6 Å². The first-order valence-corrected chi connectivity index (χ1v) is 7.79. The topological polar surface area (TPSA) is 69.6 Å². The maximum absolute atomic E-state index is 12.2. The van der Waals surface area contributed by atoms with E-state index in [1.807, 2.05) is 7.05 Å². The molecule has 2 amide bonds. The number of aliphatic carboxylic acids is 1. The van der Waals surface area contributed by atoms with Crippen LogP contribution in [0.25, 0.3) is 0 Å².